The van der Waals surface area contributed by atoms with Crippen LogP contribution in [-0.2, 0) is 20.9 Å². The van der Waals surface area contributed by atoms with Crippen molar-refractivity contribution in [3.8, 4) is 0 Å². The van der Waals surface area contributed by atoms with E-state index in [0.717, 1.165) is 20.3 Å². The Kier molecular flexibility index (Phi) is 8.23. The number of β-lactam (4-membered cyclic amide) rings is 1. The van der Waals surface area contributed by atoms with Gasteiger partial charge >= 0.3 is 5.97 Å². The van der Waals surface area contributed by atoms with E-state index in [1.54, 1.807) is 17.6 Å². The number of aromatic nitrogens is 1. The van der Waals surface area contributed by atoms with Gasteiger partial charge < -0.3 is 27.1 Å². The summed E-state index contributed by atoms with van der Waals surface area (Å²) in [6, 6.07) is 0.587. The number of fused-ring (bicyclic) bond motifs is 2. The molecule has 1 unspecified atom stereocenters. The zero-order valence-electron chi connectivity index (χ0n) is 19.8. The van der Waals surface area contributed by atoms with Crippen LogP contribution in [0.5, 0.6) is 0 Å². The number of carboxylic acids is 1. The number of rotatable bonds is 8. The molecule has 5 rings (SSSR count). The summed E-state index contributed by atoms with van der Waals surface area (Å²) in [6.45, 7) is 0.0312. The lowest BCUT2D eigenvalue weighted by Crippen LogP contribution is -2.71. The molecular formula is C22H17ClN6O6S5. The number of thiophene rings is 1. The third-order valence-electron chi connectivity index (χ3n) is 5.83. The SMILES string of the molecule is NCc1c(S/C=C/C2=C(C(=O)O)N3C(=O)C(NC(=O)/C(=N/O)c4csc(N)n4)[C@H]3SC2)sc2sc(Cl)cc2c1=O. The molecule has 12 nitrogen and oxygen atoms in total. The van der Waals surface area contributed by atoms with Crippen molar-refractivity contribution in [1.29, 1.82) is 0 Å². The third-order valence-corrected chi connectivity index (χ3v) is 11.5. The molecule has 3 aromatic heterocycles. The van der Waals surface area contributed by atoms with Crippen molar-refractivity contribution in [2.75, 3.05) is 11.5 Å². The standard InChI is InChI=1S/C22H17ClN6O6S5/c23-11-3-8-15(30)9(4-24)20(40-21(8)39-11)36-2-1-7-5-37-18-13(17(32)29(18)14(7)19(33)34)27-16(31)12(28-35)10-6-38-22(25)26-10/h1-3,6,13,18,35H,4-5,24H2,(H2,25,26)(H,27,31)(H,33,34)/b2-1+,28-12+/t13?,18-/m1/s1. The predicted molar refractivity (Wildman–Crippen MR) is 158 cm³/mol. The van der Waals surface area contributed by atoms with Crippen molar-refractivity contribution in [1.82, 2.24) is 15.2 Å². The Labute approximate surface area is 250 Å². The Morgan fingerprint density at radius 1 is 1.35 bits per heavy atom. The normalized spacial score (nSPS) is 19.3. The summed E-state index contributed by atoms with van der Waals surface area (Å²) in [5.41, 5.74) is 11.5. The van der Waals surface area contributed by atoms with Gasteiger partial charge in [-0.25, -0.2) is 9.78 Å². The fourth-order valence-corrected chi connectivity index (χ4v) is 9.84. The smallest absolute Gasteiger partial charge is 0.352 e. The lowest BCUT2D eigenvalue weighted by molar-refractivity contribution is -0.150. The Hall–Kier alpha value is -2.93. The highest BCUT2D eigenvalue weighted by Gasteiger charge is 2.54. The van der Waals surface area contributed by atoms with Gasteiger partial charge in [0.15, 0.2) is 16.3 Å². The van der Waals surface area contributed by atoms with Gasteiger partial charge in [-0.2, -0.15) is 0 Å². The number of nitrogens with two attached hydrogens (primary N) is 2. The highest BCUT2D eigenvalue weighted by molar-refractivity contribution is 8.04. The largest absolute Gasteiger partial charge is 0.477 e. The fourth-order valence-electron chi connectivity index (χ4n) is 4.02. The zero-order valence-corrected chi connectivity index (χ0v) is 24.7. The van der Waals surface area contributed by atoms with Gasteiger partial charge in [0.05, 0.1) is 17.9 Å². The molecule has 0 spiro atoms. The molecule has 3 aromatic rings. The number of thioether (sulfide) groups is 2. The Morgan fingerprint density at radius 3 is 2.77 bits per heavy atom. The number of aliphatic carboxylic acids is 1. The minimum Gasteiger partial charge on any atom is -0.477 e. The second kappa shape index (κ2) is 11.5. The molecule has 0 radical (unpaired) electrons. The predicted octanol–water partition coefficient (Wildman–Crippen LogP) is 2.70. The number of allylic oxidation sites excluding steroid dienone is 1. The monoisotopic (exact) mass is 656 g/mol. The molecule has 5 heterocycles. The van der Waals surface area contributed by atoms with Crippen LogP contribution in [0.4, 0.5) is 5.13 Å². The number of hydrogen-bond donors (Lipinski definition) is 5. The van der Waals surface area contributed by atoms with E-state index >= 15 is 0 Å². The van der Waals surface area contributed by atoms with Gasteiger partial charge in [-0.05, 0) is 23.1 Å². The minimum atomic E-state index is -1.30. The molecule has 0 saturated carbocycles. The van der Waals surface area contributed by atoms with E-state index in [0.29, 0.717) is 25.1 Å². The van der Waals surface area contributed by atoms with Crippen molar-refractivity contribution in [3.63, 3.8) is 0 Å². The van der Waals surface area contributed by atoms with Crippen molar-refractivity contribution < 1.29 is 24.7 Å². The molecule has 2 aliphatic heterocycles. The number of hydrogen-bond acceptors (Lipinski definition) is 14. The lowest BCUT2D eigenvalue weighted by Gasteiger charge is -2.49. The van der Waals surface area contributed by atoms with Crippen LogP contribution in [0.3, 0.4) is 0 Å². The van der Waals surface area contributed by atoms with Gasteiger partial charge in [0.2, 0.25) is 0 Å². The average Bonchev–Trinajstić information content (AvgIpc) is 3.52. The first-order valence-corrected chi connectivity index (χ1v) is 15.9. The van der Waals surface area contributed by atoms with Gasteiger partial charge in [-0.1, -0.05) is 28.5 Å². The van der Waals surface area contributed by atoms with Crippen LogP contribution in [0, 0.1) is 0 Å². The van der Waals surface area contributed by atoms with Crippen LogP contribution < -0.4 is 22.2 Å². The molecule has 18 heteroatoms. The number of nitrogen functional groups attached to an aromatic ring is 1. The number of carbonyl (C=O) groups excluding carboxylic acids is 2. The summed E-state index contributed by atoms with van der Waals surface area (Å²) in [6.07, 6.45) is 1.59. The number of carbonyl (C=O) groups is 3. The molecular weight excluding hydrogens is 640 g/mol. The average molecular weight is 657 g/mol. The molecule has 1 saturated heterocycles. The number of nitrogens with one attached hydrogen (secondary N) is 1. The van der Waals surface area contributed by atoms with Crippen LogP contribution in [0.25, 0.3) is 9.40 Å². The van der Waals surface area contributed by atoms with E-state index in [4.69, 9.17) is 23.1 Å². The summed E-state index contributed by atoms with van der Waals surface area (Å²) in [7, 11) is 0. The summed E-state index contributed by atoms with van der Waals surface area (Å²) in [5.74, 6) is -2.54. The number of anilines is 1. The second-order valence-corrected chi connectivity index (χ2v) is 14.3. The van der Waals surface area contributed by atoms with Gasteiger partial charge in [-0.15, -0.1) is 45.8 Å². The van der Waals surface area contributed by atoms with E-state index in [9.17, 15) is 29.5 Å². The summed E-state index contributed by atoms with van der Waals surface area (Å²) in [4.78, 5) is 55.7. The van der Waals surface area contributed by atoms with Crippen LogP contribution >= 0.6 is 69.1 Å². The summed E-state index contributed by atoms with van der Waals surface area (Å²) in [5, 5.41) is 27.8. The molecule has 40 heavy (non-hydrogen) atoms. The molecule has 2 atom stereocenters. The van der Waals surface area contributed by atoms with E-state index in [1.165, 1.54) is 51.6 Å². The van der Waals surface area contributed by atoms with Crippen molar-refractivity contribution >= 4 is 107 Å². The first kappa shape index (κ1) is 28.6. The Balaban J connectivity index is 1.34. The highest BCUT2D eigenvalue weighted by Crippen LogP contribution is 2.42. The summed E-state index contributed by atoms with van der Waals surface area (Å²) >= 11 is 12.3. The topological polar surface area (TPSA) is 201 Å². The molecule has 7 N–H and O–H groups in total. The van der Waals surface area contributed by atoms with E-state index in [2.05, 4.69) is 15.5 Å². The van der Waals surface area contributed by atoms with Gasteiger partial charge in [0, 0.05) is 23.2 Å². The minimum absolute atomic E-state index is 0.0312. The zero-order chi connectivity index (χ0) is 28.7. The van der Waals surface area contributed by atoms with Crippen molar-refractivity contribution in [2.24, 2.45) is 10.9 Å². The summed E-state index contributed by atoms with van der Waals surface area (Å²) < 4.78 is 1.92. The number of halogens is 1. The van der Waals surface area contributed by atoms with Gasteiger partial charge in [0.1, 0.15) is 22.8 Å². The molecule has 0 aliphatic carbocycles. The maximum Gasteiger partial charge on any atom is 0.352 e. The number of nitrogens with zero attached hydrogens (tertiary/aromatic N) is 3. The molecule has 1 fully saturated rings. The maximum absolute atomic E-state index is 13.0. The molecule has 2 amide bonds. The maximum atomic E-state index is 13.0. The Bertz CT molecular complexity index is 1710. The van der Waals surface area contributed by atoms with Crippen LogP contribution in [0.1, 0.15) is 11.3 Å². The van der Waals surface area contributed by atoms with Gasteiger partial charge in [0.25, 0.3) is 11.8 Å². The van der Waals surface area contributed by atoms with Crippen molar-refractivity contribution in [2.45, 2.75) is 22.2 Å². The van der Waals surface area contributed by atoms with E-state index in [1.807, 2.05) is 0 Å². The number of oxime groups is 1. The highest BCUT2D eigenvalue weighted by atomic mass is 35.5. The molecule has 2 aliphatic rings. The van der Waals surface area contributed by atoms with Crippen molar-refractivity contribution in [3.05, 3.63) is 60.0 Å². The number of carboxylic acid groups (broad SMARTS) is 1. The fraction of sp³-hybridized carbons (Fsp3) is 0.182. The number of amides is 2. The van der Waals surface area contributed by atoms with E-state index < -0.39 is 34.9 Å². The Morgan fingerprint density at radius 2 is 2.12 bits per heavy atom. The molecule has 0 aromatic carbocycles. The van der Waals surface area contributed by atoms with E-state index in [-0.39, 0.29) is 34.2 Å². The van der Waals surface area contributed by atoms with Crippen LogP contribution in [-0.4, -0.2) is 60.9 Å². The molecule has 0 bridgehead atoms. The van der Waals surface area contributed by atoms with Crippen LogP contribution in [0.2, 0.25) is 4.34 Å². The first-order valence-electron chi connectivity index (χ1n) is 11.1. The molecule has 208 valence electrons. The van der Waals surface area contributed by atoms with Crippen LogP contribution in [0.15, 0.2) is 48.4 Å². The first-order chi connectivity index (χ1) is 19.1. The van der Waals surface area contributed by atoms with Gasteiger partial charge in [-0.3, -0.25) is 19.3 Å². The lowest BCUT2D eigenvalue weighted by atomic mass is 10.0. The number of thiazole rings is 1. The second-order valence-electron chi connectivity index (χ2n) is 8.13. The third kappa shape index (κ3) is 5.13. The quantitative estimate of drug-likeness (QED) is 0.0784.